The van der Waals surface area contributed by atoms with Crippen molar-refractivity contribution in [3.63, 3.8) is 0 Å². The Morgan fingerprint density at radius 2 is 1.68 bits per heavy atom. The zero-order chi connectivity index (χ0) is 21.2. The summed E-state index contributed by atoms with van der Waals surface area (Å²) < 4.78 is 23.1. The van der Waals surface area contributed by atoms with Crippen molar-refractivity contribution in [3.05, 3.63) is 29.8 Å². The lowest BCUT2D eigenvalue weighted by Gasteiger charge is -2.30. The van der Waals surface area contributed by atoms with Gasteiger partial charge in [0.05, 0.1) is 11.4 Å². The van der Waals surface area contributed by atoms with Crippen LogP contribution in [-0.2, 0) is 16.3 Å². The number of sulfone groups is 1. The summed E-state index contributed by atoms with van der Waals surface area (Å²) in [7, 11) is 1.10. The first kappa shape index (κ1) is 24.4. The zero-order valence-corrected chi connectivity index (χ0v) is 19.1. The van der Waals surface area contributed by atoms with Crippen LogP contribution in [0.1, 0.15) is 39.2 Å². The summed E-state index contributed by atoms with van der Waals surface area (Å²) in [6.07, 6.45) is 4.34. The van der Waals surface area contributed by atoms with E-state index in [1.165, 1.54) is 6.26 Å². The Hall–Kier alpha value is -1.60. The molecule has 160 valence electrons. The maximum absolute atomic E-state index is 11.5. The summed E-state index contributed by atoms with van der Waals surface area (Å²) in [5, 5.41) is 6.69. The fourth-order valence-electron chi connectivity index (χ4n) is 3.32. The van der Waals surface area contributed by atoms with Crippen LogP contribution in [0.2, 0.25) is 0 Å². The highest BCUT2D eigenvalue weighted by molar-refractivity contribution is 7.90. The number of benzene rings is 1. The van der Waals surface area contributed by atoms with Crippen LogP contribution in [0.4, 0.5) is 0 Å². The van der Waals surface area contributed by atoms with Crippen LogP contribution in [-0.4, -0.2) is 65.3 Å². The fraction of sp³-hybridized carbons (Fsp3) is 0.667. The van der Waals surface area contributed by atoms with Crippen molar-refractivity contribution in [1.29, 1.82) is 0 Å². The van der Waals surface area contributed by atoms with Crippen molar-refractivity contribution in [2.75, 3.05) is 40.0 Å². The van der Waals surface area contributed by atoms with Gasteiger partial charge in [-0.3, -0.25) is 4.99 Å². The van der Waals surface area contributed by atoms with Crippen LogP contribution in [0.15, 0.2) is 34.2 Å². The second-order valence-corrected chi connectivity index (χ2v) is 9.44. The number of nitrogens with zero attached hydrogens (tertiary/aromatic N) is 2. The minimum atomic E-state index is -3.14. The number of hydrogen-bond donors (Lipinski definition) is 2. The van der Waals surface area contributed by atoms with E-state index in [2.05, 4.69) is 50.4 Å². The average Bonchev–Trinajstić information content (AvgIpc) is 2.64. The Balaban J connectivity index is 2.67. The van der Waals surface area contributed by atoms with Crippen LogP contribution >= 0.6 is 0 Å². The molecule has 0 fully saturated rings. The van der Waals surface area contributed by atoms with Crippen molar-refractivity contribution in [1.82, 2.24) is 15.5 Å². The molecule has 7 heteroatoms. The molecule has 0 aliphatic heterocycles. The normalized spacial score (nSPS) is 13.8. The third-order valence-corrected chi connectivity index (χ3v) is 6.22. The molecule has 0 radical (unpaired) electrons. The summed E-state index contributed by atoms with van der Waals surface area (Å²) in [6.45, 7) is 8.86. The van der Waals surface area contributed by atoms with Gasteiger partial charge in [0.1, 0.15) is 0 Å². The van der Waals surface area contributed by atoms with Gasteiger partial charge in [-0.1, -0.05) is 38.8 Å². The third-order valence-electron chi connectivity index (χ3n) is 5.09. The standard InChI is InChI=1S/C21H38N4O2S/c1-7-18(8-2)20(25(4)5)16-24-21(22-9-3)23-15-14-17-10-12-19(13-11-17)28(6,26)27/h10-13,18,20H,7-9,14-16H2,1-6H3,(H2,22,23,24). The van der Waals surface area contributed by atoms with Crippen molar-refractivity contribution in [3.8, 4) is 0 Å². The van der Waals surface area contributed by atoms with E-state index < -0.39 is 9.84 Å². The van der Waals surface area contributed by atoms with Gasteiger partial charge in [0.25, 0.3) is 0 Å². The Morgan fingerprint density at radius 3 is 2.14 bits per heavy atom. The molecule has 28 heavy (non-hydrogen) atoms. The minimum absolute atomic E-state index is 0.357. The Bertz CT molecular complexity index is 696. The topological polar surface area (TPSA) is 73.8 Å². The van der Waals surface area contributed by atoms with E-state index in [0.717, 1.165) is 50.4 Å². The van der Waals surface area contributed by atoms with E-state index in [-0.39, 0.29) is 0 Å². The number of aliphatic imine (C=N–C) groups is 1. The summed E-state index contributed by atoms with van der Waals surface area (Å²) in [5.74, 6) is 1.46. The molecule has 0 heterocycles. The molecule has 0 spiro atoms. The predicted molar refractivity (Wildman–Crippen MR) is 119 cm³/mol. The van der Waals surface area contributed by atoms with Crippen LogP contribution < -0.4 is 10.6 Å². The van der Waals surface area contributed by atoms with Gasteiger partial charge in [-0.25, -0.2) is 8.42 Å². The van der Waals surface area contributed by atoms with Crippen LogP contribution in [0.3, 0.4) is 0 Å². The minimum Gasteiger partial charge on any atom is -0.357 e. The van der Waals surface area contributed by atoms with Gasteiger partial charge in [0, 0.05) is 25.4 Å². The molecular formula is C21H38N4O2S. The van der Waals surface area contributed by atoms with E-state index in [9.17, 15) is 8.42 Å². The molecule has 2 N–H and O–H groups in total. The van der Waals surface area contributed by atoms with Gasteiger partial charge in [-0.2, -0.15) is 0 Å². The number of nitrogens with one attached hydrogen (secondary N) is 2. The Morgan fingerprint density at radius 1 is 1.07 bits per heavy atom. The SMILES string of the molecule is CCNC(=NCC(C(CC)CC)N(C)C)NCCc1ccc(S(C)(=O)=O)cc1. The lowest BCUT2D eigenvalue weighted by molar-refractivity contribution is 0.206. The molecule has 0 saturated carbocycles. The third kappa shape index (κ3) is 8.19. The Kier molecular flexibility index (Phi) is 10.5. The molecule has 1 aromatic rings. The van der Waals surface area contributed by atoms with Gasteiger partial charge in [-0.05, 0) is 51.1 Å². The molecule has 0 aliphatic carbocycles. The predicted octanol–water partition coefficient (Wildman–Crippen LogP) is 2.55. The fourth-order valence-corrected chi connectivity index (χ4v) is 3.95. The van der Waals surface area contributed by atoms with Crippen molar-refractivity contribution in [2.45, 2.75) is 51.0 Å². The first-order chi connectivity index (χ1) is 13.2. The van der Waals surface area contributed by atoms with Crippen molar-refractivity contribution >= 4 is 15.8 Å². The summed E-state index contributed by atoms with van der Waals surface area (Å²) >= 11 is 0. The number of likely N-dealkylation sites (N-methyl/N-ethyl adjacent to an activating group) is 1. The number of rotatable bonds is 11. The van der Waals surface area contributed by atoms with Crippen molar-refractivity contribution in [2.24, 2.45) is 10.9 Å². The second kappa shape index (κ2) is 12.1. The molecule has 1 rings (SSSR count). The molecule has 0 aromatic heterocycles. The molecule has 1 atom stereocenters. The highest BCUT2D eigenvalue weighted by atomic mass is 32.2. The Labute approximate surface area is 171 Å². The molecule has 0 amide bonds. The highest BCUT2D eigenvalue weighted by Crippen LogP contribution is 2.17. The molecule has 0 aliphatic rings. The molecule has 1 unspecified atom stereocenters. The van der Waals surface area contributed by atoms with E-state index in [1.807, 2.05) is 12.1 Å². The molecular weight excluding hydrogens is 372 g/mol. The van der Waals surface area contributed by atoms with E-state index in [1.54, 1.807) is 12.1 Å². The van der Waals surface area contributed by atoms with Gasteiger partial charge >= 0.3 is 0 Å². The quantitative estimate of drug-likeness (QED) is 0.433. The molecule has 1 aromatic carbocycles. The largest absolute Gasteiger partial charge is 0.357 e. The van der Waals surface area contributed by atoms with Gasteiger partial charge < -0.3 is 15.5 Å². The van der Waals surface area contributed by atoms with E-state index in [0.29, 0.717) is 16.9 Å². The summed E-state index contributed by atoms with van der Waals surface area (Å²) in [6, 6.07) is 7.51. The van der Waals surface area contributed by atoms with E-state index >= 15 is 0 Å². The smallest absolute Gasteiger partial charge is 0.191 e. The van der Waals surface area contributed by atoms with Gasteiger partial charge in [0.2, 0.25) is 0 Å². The second-order valence-electron chi connectivity index (χ2n) is 7.42. The lowest BCUT2D eigenvalue weighted by Crippen LogP contribution is -2.42. The number of guanidine groups is 1. The average molecular weight is 411 g/mol. The maximum Gasteiger partial charge on any atom is 0.191 e. The van der Waals surface area contributed by atoms with Crippen LogP contribution in [0.25, 0.3) is 0 Å². The maximum atomic E-state index is 11.5. The molecule has 6 nitrogen and oxygen atoms in total. The summed E-state index contributed by atoms with van der Waals surface area (Å²) in [5.41, 5.74) is 1.10. The first-order valence-corrected chi connectivity index (χ1v) is 12.1. The van der Waals surface area contributed by atoms with Crippen LogP contribution in [0, 0.1) is 5.92 Å². The van der Waals surface area contributed by atoms with Crippen molar-refractivity contribution < 1.29 is 8.42 Å². The van der Waals surface area contributed by atoms with Gasteiger partial charge in [-0.15, -0.1) is 0 Å². The summed E-state index contributed by atoms with van der Waals surface area (Å²) in [4.78, 5) is 7.43. The molecule has 0 saturated heterocycles. The zero-order valence-electron chi connectivity index (χ0n) is 18.3. The monoisotopic (exact) mass is 410 g/mol. The lowest BCUT2D eigenvalue weighted by atomic mass is 9.93. The van der Waals surface area contributed by atoms with Gasteiger partial charge in [0.15, 0.2) is 15.8 Å². The van der Waals surface area contributed by atoms with E-state index in [4.69, 9.17) is 4.99 Å². The molecule has 0 bridgehead atoms. The van der Waals surface area contributed by atoms with Crippen LogP contribution in [0.5, 0.6) is 0 Å². The number of hydrogen-bond acceptors (Lipinski definition) is 4. The first-order valence-electron chi connectivity index (χ1n) is 10.2. The highest BCUT2D eigenvalue weighted by Gasteiger charge is 2.20.